The molecule has 13 rings (SSSR count). The molecule has 9 aromatic carbocycles. The van der Waals surface area contributed by atoms with Gasteiger partial charge >= 0.3 is 0 Å². The van der Waals surface area contributed by atoms with Gasteiger partial charge in [-0.1, -0.05) is 146 Å². The molecule has 294 valence electrons. The lowest BCUT2D eigenvalue weighted by Crippen LogP contribution is -2.01. The van der Waals surface area contributed by atoms with Crippen molar-refractivity contribution >= 4 is 75.3 Å². The van der Waals surface area contributed by atoms with E-state index in [2.05, 4.69) is 174 Å². The molecule has 0 saturated carbocycles. The molecule has 4 heterocycles. The number of fused-ring (bicyclic) bond motifs is 9. The summed E-state index contributed by atoms with van der Waals surface area (Å²) in [6, 6.07) is 72.9. The maximum absolute atomic E-state index is 6.36. The second-order valence-corrected chi connectivity index (χ2v) is 17.0. The second kappa shape index (κ2) is 14.2. The van der Waals surface area contributed by atoms with E-state index in [9.17, 15) is 0 Å². The average molecular weight is 823 g/mol. The van der Waals surface area contributed by atoms with E-state index in [0.717, 1.165) is 65.4 Å². The van der Waals surface area contributed by atoms with Gasteiger partial charge in [-0.15, -0.1) is 11.3 Å². The fourth-order valence-corrected chi connectivity index (χ4v) is 10.4. The van der Waals surface area contributed by atoms with Crippen LogP contribution in [0, 0.1) is 0 Å². The Kier molecular flexibility index (Phi) is 8.01. The number of nitrogens with zero attached hydrogens (tertiary/aromatic N) is 4. The van der Waals surface area contributed by atoms with Gasteiger partial charge in [0, 0.05) is 64.1 Å². The van der Waals surface area contributed by atoms with Crippen molar-refractivity contribution in [2.24, 2.45) is 0 Å². The molecule has 0 radical (unpaired) electrons. The van der Waals surface area contributed by atoms with E-state index >= 15 is 0 Å². The zero-order chi connectivity index (χ0) is 41.4. The molecular weight excluding hydrogens is 789 g/mol. The summed E-state index contributed by atoms with van der Waals surface area (Å²) in [5, 5.41) is 6.90. The summed E-state index contributed by atoms with van der Waals surface area (Å²) in [4.78, 5) is 15.8. The highest BCUT2D eigenvalue weighted by Crippen LogP contribution is 2.44. The minimum atomic E-state index is 0.582. The SMILES string of the molecule is c1ccc(-c2cccc(-c3ccc4sc5c(-c6nc(-c7ccccc7)nc(-c7ccc8c(c7)oc7ccccc78)n6)cc(-n6c7ccccc7c7ccccc76)cc5c4c3)c2)cc1. The van der Waals surface area contributed by atoms with Gasteiger partial charge in [-0.3, -0.25) is 0 Å². The van der Waals surface area contributed by atoms with Gasteiger partial charge in [-0.2, -0.15) is 0 Å². The summed E-state index contributed by atoms with van der Waals surface area (Å²) in [5.74, 6) is 1.80. The molecule has 0 amide bonds. The number of benzene rings is 9. The first-order valence-electron chi connectivity index (χ1n) is 21.1. The maximum Gasteiger partial charge on any atom is 0.165 e. The minimum Gasteiger partial charge on any atom is -0.456 e. The molecule has 6 heteroatoms. The molecular formula is C57H34N4OS. The van der Waals surface area contributed by atoms with E-state index in [4.69, 9.17) is 19.4 Å². The van der Waals surface area contributed by atoms with Gasteiger partial charge in [-0.25, -0.2) is 15.0 Å². The molecule has 0 unspecified atom stereocenters. The monoisotopic (exact) mass is 822 g/mol. The molecule has 5 nitrogen and oxygen atoms in total. The van der Waals surface area contributed by atoms with Crippen molar-refractivity contribution in [2.45, 2.75) is 0 Å². The van der Waals surface area contributed by atoms with Crippen LogP contribution in [-0.4, -0.2) is 19.5 Å². The van der Waals surface area contributed by atoms with Crippen LogP contribution in [0.4, 0.5) is 0 Å². The molecule has 0 fully saturated rings. The van der Waals surface area contributed by atoms with E-state index in [1.54, 1.807) is 11.3 Å². The summed E-state index contributed by atoms with van der Waals surface area (Å²) in [6.45, 7) is 0. The molecule has 0 atom stereocenters. The molecule has 13 aromatic rings. The highest BCUT2D eigenvalue weighted by molar-refractivity contribution is 7.26. The third-order valence-electron chi connectivity index (χ3n) is 12.2. The zero-order valence-corrected chi connectivity index (χ0v) is 34.6. The molecule has 0 aliphatic carbocycles. The van der Waals surface area contributed by atoms with Crippen LogP contribution in [0.2, 0.25) is 0 Å². The van der Waals surface area contributed by atoms with Crippen molar-refractivity contribution in [3.63, 3.8) is 0 Å². The number of hydrogen-bond donors (Lipinski definition) is 0. The van der Waals surface area contributed by atoms with Crippen LogP contribution in [0.5, 0.6) is 0 Å². The standard InChI is InChI=1S/C57H34N4OS/c1-3-14-35(15-4-1)37-18-13-19-38(30-37)39-27-29-53-46(31-39)47-33-41(61-49-23-10-7-20-42(49)43-21-8-11-24-50(43)61)34-48(54(47)63-53)57-59-55(36-16-5-2-6-17-36)58-56(60-57)40-26-28-45-44-22-9-12-25-51(44)62-52(45)32-40/h1-34H. The minimum absolute atomic E-state index is 0.582. The smallest absolute Gasteiger partial charge is 0.165 e. The highest BCUT2D eigenvalue weighted by Gasteiger charge is 2.21. The number of para-hydroxylation sites is 3. The van der Waals surface area contributed by atoms with E-state index < -0.39 is 0 Å². The van der Waals surface area contributed by atoms with Gasteiger partial charge < -0.3 is 8.98 Å². The Hall–Kier alpha value is -8.19. The molecule has 63 heavy (non-hydrogen) atoms. The molecule has 0 saturated heterocycles. The second-order valence-electron chi connectivity index (χ2n) is 16.0. The fraction of sp³-hybridized carbons (Fsp3) is 0. The number of hydrogen-bond acceptors (Lipinski definition) is 5. The largest absolute Gasteiger partial charge is 0.456 e. The first-order valence-corrected chi connectivity index (χ1v) is 21.9. The van der Waals surface area contributed by atoms with E-state index in [1.165, 1.54) is 43.1 Å². The Morgan fingerprint density at radius 1 is 0.349 bits per heavy atom. The molecule has 0 bridgehead atoms. The van der Waals surface area contributed by atoms with E-state index in [1.807, 2.05) is 36.4 Å². The van der Waals surface area contributed by atoms with Gasteiger partial charge in [-0.05, 0) is 82.9 Å². The lowest BCUT2D eigenvalue weighted by atomic mass is 9.97. The highest BCUT2D eigenvalue weighted by atomic mass is 32.1. The Balaban J connectivity index is 1.08. The fourth-order valence-electron chi connectivity index (χ4n) is 9.25. The Bertz CT molecular complexity index is 3870. The van der Waals surface area contributed by atoms with Gasteiger partial charge in [0.2, 0.25) is 0 Å². The third-order valence-corrected chi connectivity index (χ3v) is 13.5. The Morgan fingerprint density at radius 2 is 0.921 bits per heavy atom. The van der Waals surface area contributed by atoms with E-state index in [-0.39, 0.29) is 0 Å². The quantitative estimate of drug-likeness (QED) is 0.168. The predicted octanol–water partition coefficient (Wildman–Crippen LogP) is 15.6. The summed E-state index contributed by atoms with van der Waals surface area (Å²) in [5.41, 5.74) is 12.4. The third kappa shape index (κ3) is 5.87. The number of thiophene rings is 1. The zero-order valence-electron chi connectivity index (χ0n) is 33.7. The molecule has 0 aliphatic heterocycles. The van der Waals surface area contributed by atoms with Crippen LogP contribution in [0.1, 0.15) is 0 Å². The van der Waals surface area contributed by atoms with Crippen molar-refractivity contribution in [1.82, 2.24) is 19.5 Å². The number of rotatable bonds is 6. The summed E-state index contributed by atoms with van der Waals surface area (Å²) in [7, 11) is 0. The average Bonchev–Trinajstić information content (AvgIpc) is 4.03. The predicted molar refractivity (Wildman–Crippen MR) is 262 cm³/mol. The van der Waals surface area contributed by atoms with Gasteiger partial charge in [0.25, 0.3) is 0 Å². The van der Waals surface area contributed by atoms with Crippen molar-refractivity contribution in [1.29, 1.82) is 0 Å². The molecule has 0 N–H and O–H groups in total. The Labute approximate surface area is 365 Å². The van der Waals surface area contributed by atoms with Gasteiger partial charge in [0.15, 0.2) is 17.5 Å². The topological polar surface area (TPSA) is 56.7 Å². The van der Waals surface area contributed by atoms with E-state index in [0.29, 0.717) is 17.5 Å². The van der Waals surface area contributed by atoms with Crippen LogP contribution in [-0.2, 0) is 0 Å². The first kappa shape index (κ1) is 35.6. The van der Waals surface area contributed by atoms with Crippen LogP contribution < -0.4 is 0 Å². The van der Waals surface area contributed by atoms with Gasteiger partial charge in [0.05, 0.1) is 11.0 Å². The molecule has 4 aromatic heterocycles. The Morgan fingerprint density at radius 3 is 1.68 bits per heavy atom. The summed E-state index contributed by atoms with van der Waals surface area (Å²) < 4.78 is 11.1. The number of aromatic nitrogens is 4. The van der Waals surface area contributed by atoms with Crippen LogP contribution in [0.3, 0.4) is 0 Å². The van der Waals surface area contributed by atoms with Crippen molar-refractivity contribution in [3.05, 3.63) is 206 Å². The normalized spacial score (nSPS) is 11.8. The van der Waals surface area contributed by atoms with Crippen molar-refractivity contribution in [2.75, 3.05) is 0 Å². The lowest BCUT2D eigenvalue weighted by molar-refractivity contribution is 0.669. The molecule has 0 spiro atoms. The van der Waals surface area contributed by atoms with Crippen molar-refractivity contribution < 1.29 is 4.42 Å². The lowest BCUT2D eigenvalue weighted by Gasteiger charge is -2.13. The first-order chi connectivity index (χ1) is 31.2. The van der Waals surface area contributed by atoms with Crippen LogP contribution in [0.15, 0.2) is 211 Å². The summed E-state index contributed by atoms with van der Waals surface area (Å²) in [6.07, 6.45) is 0. The molecule has 0 aliphatic rings. The van der Waals surface area contributed by atoms with Gasteiger partial charge in [0.1, 0.15) is 11.2 Å². The number of furan rings is 1. The van der Waals surface area contributed by atoms with Crippen LogP contribution in [0.25, 0.3) is 126 Å². The summed E-state index contributed by atoms with van der Waals surface area (Å²) >= 11 is 1.78. The van der Waals surface area contributed by atoms with Crippen LogP contribution >= 0.6 is 11.3 Å². The maximum atomic E-state index is 6.36. The van der Waals surface area contributed by atoms with Crippen molar-refractivity contribution in [3.8, 4) is 62.1 Å².